The van der Waals surface area contributed by atoms with E-state index in [1.807, 2.05) is 91.1 Å². The fraction of sp³-hybridized carbons (Fsp3) is 0.204. The van der Waals surface area contributed by atoms with Crippen LogP contribution in [0.1, 0.15) is 74.7 Å². The number of carbonyl (C=O) groups is 1. The molecule has 0 spiro atoms. The van der Waals surface area contributed by atoms with E-state index in [0.29, 0.717) is 35.7 Å². The largest absolute Gasteiger partial charge is 1.00 e. The van der Waals surface area contributed by atoms with E-state index < -0.39 is 5.97 Å². The van der Waals surface area contributed by atoms with Crippen LogP contribution < -0.4 is 39.5 Å². The molecular weight excluding hydrogens is 872 g/mol. The third-order valence-electron chi connectivity index (χ3n) is 12.7. The van der Waals surface area contributed by atoms with Crippen molar-refractivity contribution in [3.63, 3.8) is 0 Å². The molecule has 0 bridgehead atoms. The van der Waals surface area contributed by atoms with E-state index in [0.717, 1.165) is 117 Å². The number of imidazole rings is 1. The molecule has 1 atom stereocenters. The molecule has 4 aromatic carbocycles. The van der Waals surface area contributed by atoms with Crippen molar-refractivity contribution in [1.82, 2.24) is 50.1 Å². The Morgan fingerprint density at radius 2 is 1.36 bits per heavy atom. The first kappa shape index (κ1) is 45.4. The molecule has 69 heavy (non-hydrogen) atoms. The predicted octanol–water partition coefficient (Wildman–Crippen LogP) is 8.06. The van der Waals surface area contributed by atoms with Crippen molar-refractivity contribution >= 4 is 50.4 Å². The van der Waals surface area contributed by atoms with Gasteiger partial charge in [-0.25, -0.2) is 29.7 Å². The monoisotopic (exact) mass is 920 g/mol. The van der Waals surface area contributed by atoms with Crippen LogP contribution in [0.15, 0.2) is 146 Å². The van der Waals surface area contributed by atoms with Gasteiger partial charge in [-0.2, -0.15) is 10.3 Å². The molecule has 14 nitrogen and oxygen atoms in total. The van der Waals surface area contributed by atoms with Gasteiger partial charge >= 0.3 is 35.5 Å². The van der Waals surface area contributed by atoms with E-state index in [2.05, 4.69) is 97.5 Å². The second-order valence-corrected chi connectivity index (χ2v) is 17.1. The number of hydrogen-bond acceptors (Lipinski definition) is 12. The quantitative estimate of drug-likeness (QED) is 0.0989. The zero-order valence-electron chi connectivity index (χ0n) is 39.8. The molecule has 0 radical (unpaired) electrons. The van der Waals surface area contributed by atoms with Gasteiger partial charge in [-0.15, -0.1) is 10.2 Å². The van der Waals surface area contributed by atoms with Crippen molar-refractivity contribution in [3.05, 3.63) is 168 Å². The molecule has 1 N–H and O–H groups in total. The SMILES string of the molecule is CCCCc1nc2cccnc2n1Cc1ccc2nc(-c3ccccc3C(=O)ON3c4cccnc4N(Cc4ccc5nc(-c6ccccc6-c6nn[nH]n6)ccc5c4)C3CCCC)ccc2c1.[H-].[Na+]. The van der Waals surface area contributed by atoms with Gasteiger partial charge in [-0.1, -0.05) is 93.4 Å². The van der Waals surface area contributed by atoms with Crippen LogP contribution in [0, 0.1) is 0 Å². The van der Waals surface area contributed by atoms with Gasteiger partial charge in [0.25, 0.3) is 0 Å². The number of tetrazole rings is 1. The summed E-state index contributed by atoms with van der Waals surface area (Å²) in [6.07, 6.45) is 9.05. The number of nitrogens with zero attached hydrogens (tertiary/aromatic N) is 11. The summed E-state index contributed by atoms with van der Waals surface area (Å²) in [6.45, 7) is 5.57. The van der Waals surface area contributed by atoms with Crippen LogP contribution in [0.3, 0.4) is 0 Å². The number of pyridine rings is 4. The van der Waals surface area contributed by atoms with Gasteiger partial charge in [0.15, 0.2) is 11.5 Å². The molecule has 1 aliphatic heterocycles. The number of aryl methyl sites for hydroxylation is 1. The van der Waals surface area contributed by atoms with E-state index in [-0.39, 0.29) is 37.1 Å². The van der Waals surface area contributed by atoms with Crippen molar-refractivity contribution in [2.24, 2.45) is 0 Å². The zero-order chi connectivity index (χ0) is 46.0. The molecular formula is C54H49N12NaO2. The van der Waals surface area contributed by atoms with Crippen LogP contribution >= 0.6 is 0 Å². The minimum Gasteiger partial charge on any atom is -1.00 e. The summed E-state index contributed by atoms with van der Waals surface area (Å²) in [5, 5.41) is 18.5. The van der Waals surface area contributed by atoms with Crippen LogP contribution in [0.25, 0.3) is 66.9 Å². The number of fused-ring (bicyclic) bond motifs is 4. The number of rotatable bonds is 15. The van der Waals surface area contributed by atoms with E-state index in [1.54, 1.807) is 11.3 Å². The molecule has 0 amide bonds. The number of H-pyrrole nitrogens is 1. The molecule has 0 saturated heterocycles. The maximum atomic E-state index is 14.5. The molecule has 6 aromatic heterocycles. The number of aromatic nitrogens is 10. The second kappa shape index (κ2) is 20.1. The molecule has 7 heterocycles. The number of carbonyl (C=O) groups excluding carboxylic acids is 1. The van der Waals surface area contributed by atoms with E-state index in [1.165, 1.54) is 0 Å². The number of hydrogen-bond donors (Lipinski definition) is 1. The Morgan fingerprint density at radius 1 is 0.681 bits per heavy atom. The Labute approximate surface area is 422 Å². The van der Waals surface area contributed by atoms with Crippen molar-refractivity contribution < 1.29 is 40.6 Å². The maximum absolute atomic E-state index is 14.5. The first-order chi connectivity index (χ1) is 33.5. The topological polar surface area (TPSA) is 157 Å². The van der Waals surface area contributed by atoms with E-state index >= 15 is 0 Å². The smallest absolute Gasteiger partial charge is 1.00 e. The summed E-state index contributed by atoms with van der Waals surface area (Å²) in [7, 11) is 0. The Bertz CT molecular complexity index is 3460. The third kappa shape index (κ3) is 9.06. The number of nitrogens with one attached hydrogen (secondary N) is 1. The molecule has 10 aromatic rings. The van der Waals surface area contributed by atoms with Crippen molar-refractivity contribution in [3.8, 4) is 33.9 Å². The van der Waals surface area contributed by atoms with Crippen molar-refractivity contribution in [2.75, 3.05) is 9.96 Å². The Balaban J connectivity index is 0.00000304. The fourth-order valence-corrected chi connectivity index (χ4v) is 9.28. The number of hydroxylamine groups is 1. The predicted molar refractivity (Wildman–Crippen MR) is 266 cm³/mol. The molecule has 0 saturated carbocycles. The molecule has 15 heteroatoms. The van der Waals surface area contributed by atoms with Gasteiger partial charge in [0.1, 0.15) is 23.2 Å². The summed E-state index contributed by atoms with van der Waals surface area (Å²) in [6, 6.07) is 44.1. The average molecular weight is 921 g/mol. The van der Waals surface area contributed by atoms with Crippen LogP contribution in [-0.4, -0.2) is 62.2 Å². The average Bonchev–Trinajstić information content (AvgIpc) is 4.12. The minimum atomic E-state index is -0.468. The second-order valence-electron chi connectivity index (χ2n) is 17.1. The molecule has 1 aliphatic rings. The van der Waals surface area contributed by atoms with E-state index in [9.17, 15) is 4.79 Å². The summed E-state index contributed by atoms with van der Waals surface area (Å²) in [4.78, 5) is 47.9. The first-order valence-corrected chi connectivity index (χ1v) is 23.3. The van der Waals surface area contributed by atoms with Crippen LogP contribution in [-0.2, 0) is 24.3 Å². The maximum Gasteiger partial charge on any atom is 1.00 e. The van der Waals surface area contributed by atoms with Gasteiger partial charge in [-0.3, -0.25) is 0 Å². The van der Waals surface area contributed by atoms with Crippen molar-refractivity contribution in [2.45, 2.75) is 71.6 Å². The summed E-state index contributed by atoms with van der Waals surface area (Å²) < 4.78 is 2.23. The number of benzene rings is 4. The zero-order valence-corrected chi connectivity index (χ0v) is 40.8. The number of aromatic amines is 1. The normalized spacial score (nSPS) is 13.3. The summed E-state index contributed by atoms with van der Waals surface area (Å²) >= 11 is 0. The Hall–Kier alpha value is -7.39. The standard InChI is InChI=1S/C54H48N12O2.Na.H/c1-3-5-19-49-59-47-17-11-29-55-52(47)64(49)33-35-21-25-44-37(31-35)24-28-46(58-44)40-14-8-10-16-42(40)54(67)68-66-48-18-12-30-56-53(48)65(50(66)20-6-4-2)34-36-22-26-43-38(32-36)23-27-45(57-43)39-13-7-9-15-41(39)51-60-62-63-61-51;;/h7-18,21-32,50H,3-6,19-20,33-34H2,1-2H3,(H,60,61,62,63);;/q;+1;-1. The number of anilines is 2. The molecule has 338 valence electrons. The van der Waals surface area contributed by atoms with E-state index in [4.69, 9.17) is 24.8 Å². The fourth-order valence-electron chi connectivity index (χ4n) is 9.28. The molecule has 1 unspecified atom stereocenters. The van der Waals surface area contributed by atoms with Gasteiger partial charge in [0, 0.05) is 52.8 Å². The van der Waals surface area contributed by atoms with Gasteiger partial charge in [0.05, 0.1) is 34.5 Å². The first-order valence-electron chi connectivity index (χ1n) is 23.3. The Morgan fingerprint density at radius 3 is 2.10 bits per heavy atom. The Kier molecular flexibility index (Phi) is 13.2. The third-order valence-corrected chi connectivity index (χ3v) is 12.7. The van der Waals surface area contributed by atoms with Crippen molar-refractivity contribution in [1.29, 1.82) is 0 Å². The number of unbranched alkanes of at least 4 members (excludes halogenated alkanes) is 2. The summed E-state index contributed by atoms with van der Waals surface area (Å²) in [5.41, 5.74) is 10.9. The van der Waals surface area contributed by atoms with Gasteiger partial charge < -0.3 is 15.7 Å². The van der Waals surface area contributed by atoms with Gasteiger partial charge in [0.2, 0.25) is 5.82 Å². The van der Waals surface area contributed by atoms with Crippen LogP contribution in [0.5, 0.6) is 0 Å². The van der Waals surface area contributed by atoms with Gasteiger partial charge in [-0.05, 0) is 102 Å². The molecule has 0 aliphatic carbocycles. The summed E-state index contributed by atoms with van der Waals surface area (Å²) in [5.74, 6) is 1.85. The minimum absolute atomic E-state index is 0. The van der Waals surface area contributed by atoms with Crippen LogP contribution in [0.4, 0.5) is 11.5 Å². The van der Waals surface area contributed by atoms with Crippen LogP contribution in [0.2, 0.25) is 0 Å². The molecule has 11 rings (SSSR count). The molecule has 0 fully saturated rings.